The van der Waals surface area contributed by atoms with Crippen LogP contribution < -0.4 is 30.7 Å². The molecule has 0 aromatic carbocycles. The van der Waals surface area contributed by atoms with Gasteiger partial charge in [-0.2, -0.15) is 0 Å². The van der Waals surface area contributed by atoms with Crippen molar-refractivity contribution in [3.63, 3.8) is 0 Å². The molecule has 0 saturated carbocycles. The van der Waals surface area contributed by atoms with Crippen LogP contribution >= 0.6 is 22.6 Å². The van der Waals surface area contributed by atoms with Crippen LogP contribution in [0, 0.1) is 7.14 Å². The van der Waals surface area contributed by atoms with Gasteiger partial charge in [0.15, 0.2) is 0 Å². The normalized spacial score (nSPS) is 24.5. The van der Waals surface area contributed by atoms with Gasteiger partial charge in [-0.3, -0.25) is 0 Å². The number of aromatic nitrogens is 2. The Bertz CT molecular complexity index is 773. The second-order valence-electron chi connectivity index (χ2n) is 6.74. The molecular weight excluding hydrogens is 586 g/mol. The molecule has 4 heterocycles. The number of hydrogen-bond donors (Lipinski definition) is 0. The quantitative estimate of drug-likeness (QED) is 0.321. The Labute approximate surface area is 189 Å². The van der Waals surface area contributed by atoms with Gasteiger partial charge in [0.2, 0.25) is 0 Å². The summed E-state index contributed by atoms with van der Waals surface area (Å²) in [5, 5.41) is 0. The maximum absolute atomic E-state index is 6.21. The van der Waals surface area contributed by atoms with Gasteiger partial charge in [-0.15, -0.1) is 0 Å². The van der Waals surface area contributed by atoms with Gasteiger partial charge in [0.1, 0.15) is 0 Å². The molecule has 2 aliphatic rings. The number of halogens is 2. The van der Waals surface area contributed by atoms with Crippen molar-refractivity contribution in [2.45, 2.75) is 42.0 Å². The monoisotopic (exact) mass is 609 g/mol. The molecule has 0 radical (unpaired) electrons. The minimum atomic E-state index is -0.261. The fraction of sp³-hybridized carbons (Fsp3) is 0.500. The van der Waals surface area contributed by atoms with E-state index in [2.05, 4.69) is 44.7 Å². The van der Waals surface area contributed by atoms with E-state index in [1.807, 2.05) is 18.3 Å². The SMILES string of the molecule is Ic1ccnc(OCC2CCC([I-]c3ccnc(OCC4CCCO4)c3)O2)c1. The maximum atomic E-state index is 6.21. The topological polar surface area (TPSA) is 62.7 Å². The van der Waals surface area contributed by atoms with Gasteiger partial charge < -0.3 is 0 Å². The van der Waals surface area contributed by atoms with Crippen LogP contribution in [-0.2, 0) is 9.47 Å². The van der Waals surface area contributed by atoms with E-state index in [1.165, 1.54) is 3.57 Å². The van der Waals surface area contributed by atoms with Crippen molar-refractivity contribution in [2.24, 2.45) is 0 Å². The summed E-state index contributed by atoms with van der Waals surface area (Å²) in [6, 6.07) is 8.03. The Morgan fingerprint density at radius 2 is 1.79 bits per heavy atom. The molecule has 152 valence electrons. The van der Waals surface area contributed by atoms with Crippen LogP contribution in [0.5, 0.6) is 11.8 Å². The zero-order chi connectivity index (χ0) is 19.2. The summed E-state index contributed by atoms with van der Waals surface area (Å²) in [7, 11) is 0. The first-order valence-corrected chi connectivity index (χ1v) is 12.9. The molecule has 6 nitrogen and oxygen atoms in total. The molecule has 0 spiro atoms. The summed E-state index contributed by atoms with van der Waals surface area (Å²) in [6.07, 6.45) is 8.25. The zero-order valence-electron chi connectivity index (χ0n) is 15.4. The summed E-state index contributed by atoms with van der Waals surface area (Å²) in [6.45, 7) is 1.98. The third-order valence-electron chi connectivity index (χ3n) is 4.56. The van der Waals surface area contributed by atoms with E-state index in [0.717, 1.165) is 35.9 Å². The molecule has 0 N–H and O–H groups in total. The number of nitrogens with zero attached hydrogens (tertiary/aromatic N) is 2. The summed E-state index contributed by atoms with van der Waals surface area (Å²) in [5.41, 5.74) is 0. The number of alkyl halides is 1. The number of ether oxygens (including phenoxy) is 4. The van der Waals surface area contributed by atoms with Gasteiger partial charge in [-0.05, 0) is 0 Å². The first kappa shape index (κ1) is 20.5. The average Bonchev–Trinajstić information content (AvgIpc) is 3.37. The molecular formula is C20H23I2N2O4-. The molecule has 4 rings (SSSR count). The fourth-order valence-corrected chi connectivity index (χ4v) is 6.41. The Hall–Kier alpha value is -0.720. The Balaban J connectivity index is 1.23. The third kappa shape index (κ3) is 6.14. The zero-order valence-corrected chi connectivity index (χ0v) is 19.7. The van der Waals surface area contributed by atoms with Crippen molar-refractivity contribution >= 4 is 22.6 Å². The molecule has 8 heteroatoms. The molecule has 3 unspecified atom stereocenters. The molecule has 2 aliphatic heterocycles. The van der Waals surface area contributed by atoms with Crippen molar-refractivity contribution in [1.29, 1.82) is 0 Å². The molecule has 0 aliphatic carbocycles. The summed E-state index contributed by atoms with van der Waals surface area (Å²) in [5.74, 6) is 1.35. The van der Waals surface area contributed by atoms with E-state index < -0.39 is 0 Å². The van der Waals surface area contributed by atoms with Crippen molar-refractivity contribution < 1.29 is 40.2 Å². The standard InChI is InChI=1S/C20H23I2N2O4/c21-14-5-7-23-19(10-14)27-13-17-3-4-18(28-17)22-15-6-8-24-20(11-15)26-12-16-2-1-9-25-16/h5-8,10-11,16-18H,1-4,9,12-13H2/q-1. The Morgan fingerprint density at radius 3 is 2.57 bits per heavy atom. The van der Waals surface area contributed by atoms with E-state index in [0.29, 0.717) is 29.1 Å². The van der Waals surface area contributed by atoms with E-state index in [4.69, 9.17) is 18.9 Å². The van der Waals surface area contributed by atoms with Gasteiger partial charge in [-0.25, -0.2) is 0 Å². The van der Waals surface area contributed by atoms with Gasteiger partial charge >= 0.3 is 190 Å². The predicted octanol–water partition coefficient (Wildman–Crippen LogP) is 0.482. The molecule has 2 aromatic heterocycles. The second-order valence-corrected chi connectivity index (χ2v) is 11.2. The summed E-state index contributed by atoms with van der Waals surface area (Å²) < 4.78 is 26.2. The third-order valence-corrected chi connectivity index (χ3v) is 8.23. The van der Waals surface area contributed by atoms with E-state index in [1.54, 1.807) is 6.20 Å². The number of hydrogen-bond acceptors (Lipinski definition) is 6. The number of rotatable bonds is 8. The van der Waals surface area contributed by atoms with Crippen molar-refractivity contribution in [3.8, 4) is 11.8 Å². The number of pyridine rings is 2. The predicted molar refractivity (Wildman–Crippen MR) is 108 cm³/mol. The van der Waals surface area contributed by atoms with Crippen LogP contribution in [0.25, 0.3) is 0 Å². The van der Waals surface area contributed by atoms with Gasteiger partial charge in [0, 0.05) is 0 Å². The minimum absolute atomic E-state index is 0.140. The van der Waals surface area contributed by atoms with E-state index in [-0.39, 0.29) is 33.4 Å². The van der Waals surface area contributed by atoms with Crippen LogP contribution in [-0.4, -0.2) is 46.1 Å². The molecule has 0 amide bonds. The molecule has 2 fully saturated rings. The Kier molecular flexibility index (Phi) is 7.60. The molecule has 28 heavy (non-hydrogen) atoms. The molecule has 0 bridgehead atoms. The van der Waals surface area contributed by atoms with E-state index in [9.17, 15) is 0 Å². The average molecular weight is 609 g/mol. The van der Waals surface area contributed by atoms with E-state index >= 15 is 0 Å². The van der Waals surface area contributed by atoms with Crippen molar-refractivity contribution in [3.05, 3.63) is 43.8 Å². The first-order valence-electron chi connectivity index (χ1n) is 9.48. The molecule has 3 atom stereocenters. The van der Waals surface area contributed by atoms with Crippen LogP contribution in [0.1, 0.15) is 25.7 Å². The van der Waals surface area contributed by atoms with Crippen molar-refractivity contribution in [1.82, 2.24) is 9.97 Å². The van der Waals surface area contributed by atoms with Gasteiger partial charge in [-0.1, -0.05) is 0 Å². The first-order chi connectivity index (χ1) is 13.7. The van der Waals surface area contributed by atoms with Crippen LogP contribution in [0.2, 0.25) is 0 Å². The second kappa shape index (κ2) is 10.4. The molecule has 2 saturated heterocycles. The van der Waals surface area contributed by atoms with Crippen LogP contribution in [0.3, 0.4) is 0 Å². The Morgan fingerprint density at radius 1 is 1.00 bits per heavy atom. The summed E-state index contributed by atoms with van der Waals surface area (Å²) in [4.78, 5) is 8.57. The molecule has 2 aromatic rings. The summed E-state index contributed by atoms with van der Waals surface area (Å²) >= 11 is 2.00. The fourth-order valence-electron chi connectivity index (χ4n) is 3.13. The van der Waals surface area contributed by atoms with Crippen LogP contribution in [0.4, 0.5) is 0 Å². The van der Waals surface area contributed by atoms with Crippen molar-refractivity contribution in [2.75, 3.05) is 19.8 Å². The van der Waals surface area contributed by atoms with Gasteiger partial charge in [0.25, 0.3) is 0 Å². The van der Waals surface area contributed by atoms with Crippen LogP contribution in [0.15, 0.2) is 36.7 Å². The van der Waals surface area contributed by atoms with Gasteiger partial charge in [0.05, 0.1) is 0 Å².